The first-order valence-corrected chi connectivity index (χ1v) is 9.56. The zero-order chi connectivity index (χ0) is 22.1. The van der Waals surface area contributed by atoms with Crippen molar-refractivity contribution >= 4 is 11.6 Å². The summed E-state index contributed by atoms with van der Waals surface area (Å²) in [5.74, 6) is -6.12. The number of aryl methyl sites for hydroxylation is 1. The number of allylic oxidation sites excluding steroid dienone is 1. The van der Waals surface area contributed by atoms with E-state index in [1.165, 1.54) is 18.2 Å². The van der Waals surface area contributed by atoms with E-state index in [9.17, 15) is 30.7 Å². The molecule has 0 bridgehead atoms. The summed E-state index contributed by atoms with van der Waals surface area (Å²) < 4.78 is 98.2. The van der Waals surface area contributed by atoms with E-state index < -0.39 is 35.4 Å². The Bertz CT molecular complexity index is 953. The Labute approximate surface area is 169 Å². The summed E-state index contributed by atoms with van der Waals surface area (Å²) in [7, 11) is 0. The third-order valence-electron chi connectivity index (χ3n) is 5.00. The fraction of sp³-hybridized carbons (Fsp3) is 0.364. The first-order chi connectivity index (χ1) is 14.1. The lowest BCUT2D eigenvalue weighted by Crippen LogP contribution is -2.20. The first-order valence-electron chi connectivity index (χ1n) is 9.56. The lowest BCUT2D eigenvalue weighted by atomic mass is 9.87. The summed E-state index contributed by atoms with van der Waals surface area (Å²) in [6, 6.07) is 3.16. The van der Waals surface area contributed by atoms with Gasteiger partial charge in [-0.15, -0.1) is 13.2 Å². The Morgan fingerprint density at radius 1 is 0.900 bits per heavy atom. The van der Waals surface area contributed by atoms with Crippen LogP contribution in [0.4, 0.5) is 30.7 Å². The van der Waals surface area contributed by atoms with Gasteiger partial charge in [-0.05, 0) is 66.1 Å². The van der Waals surface area contributed by atoms with Gasteiger partial charge in [0.2, 0.25) is 5.75 Å². The topological polar surface area (TPSA) is 9.23 Å². The molecule has 162 valence electrons. The molecule has 0 atom stereocenters. The van der Waals surface area contributed by atoms with E-state index in [4.69, 9.17) is 0 Å². The van der Waals surface area contributed by atoms with Gasteiger partial charge in [-0.2, -0.15) is 0 Å². The van der Waals surface area contributed by atoms with Gasteiger partial charge < -0.3 is 4.74 Å². The molecule has 0 N–H and O–H groups in total. The molecule has 0 aliphatic heterocycles. The standard InChI is InChI=1S/C22H19F7O/c1-2-3-4-5-12-8-16(23)19(17(24)9-12)13-6-7-15-14(10-13)11-18(25)21(20(15)26)30-22(27,28)29/h8-11H,2-7H2,1H3. The number of alkyl halides is 3. The number of hydrogen-bond acceptors (Lipinski definition) is 1. The van der Waals surface area contributed by atoms with Gasteiger partial charge in [-0.1, -0.05) is 25.8 Å². The normalized spacial score (nSPS) is 13.8. The zero-order valence-electron chi connectivity index (χ0n) is 16.1. The van der Waals surface area contributed by atoms with Crippen molar-refractivity contribution in [3.63, 3.8) is 0 Å². The smallest absolute Gasteiger partial charge is 0.399 e. The fourth-order valence-corrected chi connectivity index (χ4v) is 3.62. The van der Waals surface area contributed by atoms with Crippen LogP contribution < -0.4 is 4.74 Å². The molecule has 0 amide bonds. The number of fused-ring (bicyclic) bond motifs is 1. The summed E-state index contributed by atoms with van der Waals surface area (Å²) in [4.78, 5) is 0. The Hall–Kier alpha value is -2.51. The predicted molar refractivity (Wildman–Crippen MR) is 98.8 cm³/mol. The molecule has 1 aliphatic rings. The quantitative estimate of drug-likeness (QED) is 0.342. The minimum atomic E-state index is -5.25. The van der Waals surface area contributed by atoms with Crippen LogP contribution in [0, 0.1) is 23.3 Å². The molecule has 0 heterocycles. The second-order valence-corrected chi connectivity index (χ2v) is 7.18. The van der Waals surface area contributed by atoms with Crippen LogP contribution in [0.3, 0.4) is 0 Å². The molecular weight excluding hydrogens is 413 g/mol. The van der Waals surface area contributed by atoms with Crippen LogP contribution in [0.15, 0.2) is 18.2 Å². The van der Waals surface area contributed by atoms with E-state index in [2.05, 4.69) is 4.74 Å². The SMILES string of the molecule is CCCCCc1cc(F)c(C2=Cc3cc(F)c(OC(F)(F)F)c(F)c3CC2)c(F)c1. The van der Waals surface area contributed by atoms with Gasteiger partial charge >= 0.3 is 6.36 Å². The summed E-state index contributed by atoms with van der Waals surface area (Å²) in [5.41, 5.74) is 0.130. The highest BCUT2D eigenvalue weighted by Crippen LogP contribution is 2.39. The molecule has 0 unspecified atom stereocenters. The van der Waals surface area contributed by atoms with E-state index in [0.717, 1.165) is 19.3 Å². The monoisotopic (exact) mass is 432 g/mol. The van der Waals surface area contributed by atoms with Crippen LogP contribution in [0.5, 0.6) is 5.75 Å². The van der Waals surface area contributed by atoms with Crippen LogP contribution in [0.25, 0.3) is 11.6 Å². The molecule has 0 fully saturated rings. The molecule has 30 heavy (non-hydrogen) atoms. The lowest BCUT2D eigenvalue weighted by Gasteiger charge is -2.21. The van der Waals surface area contributed by atoms with Crippen molar-refractivity contribution in [3.8, 4) is 5.75 Å². The number of halogens is 7. The fourth-order valence-electron chi connectivity index (χ4n) is 3.62. The second kappa shape index (κ2) is 8.70. The Kier molecular flexibility index (Phi) is 6.43. The van der Waals surface area contributed by atoms with Crippen LogP contribution in [0.1, 0.15) is 54.9 Å². The van der Waals surface area contributed by atoms with Gasteiger partial charge in [-0.3, -0.25) is 0 Å². The molecule has 0 spiro atoms. The molecule has 2 aromatic carbocycles. The van der Waals surface area contributed by atoms with Gasteiger partial charge in [0.1, 0.15) is 11.6 Å². The predicted octanol–water partition coefficient (Wildman–Crippen LogP) is 7.36. The van der Waals surface area contributed by atoms with E-state index in [-0.39, 0.29) is 35.1 Å². The average Bonchev–Trinajstić information content (AvgIpc) is 2.64. The van der Waals surface area contributed by atoms with E-state index in [0.29, 0.717) is 18.1 Å². The average molecular weight is 432 g/mol. The summed E-state index contributed by atoms with van der Waals surface area (Å²) in [5, 5.41) is 0. The Morgan fingerprint density at radius 3 is 2.17 bits per heavy atom. The maximum Gasteiger partial charge on any atom is 0.573 e. The van der Waals surface area contributed by atoms with Crippen LogP contribution in [-0.2, 0) is 12.8 Å². The summed E-state index contributed by atoms with van der Waals surface area (Å²) in [6.07, 6.45) is -1.00. The Morgan fingerprint density at radius 2 is 1.57 bits per heavy atom. The molecule has 0 saturated heterocycles. The van der Waals surface area contributed by atoms with E-state index in [1.54, 1.807) is 0 Å². The van der Waals surface area contributed by atoms with Crippen molar-refractivity contribution < 1.29 is 35.5 Å². The van der Waals surface area contributed by atoms with Gasteiger partial charge in [-0.25, -0.2) is 17.6 Å². The highest BCUT2D eigenvalue weighted by molar-refractivity contribution is 5.85. The van der Waals surface area contributed by atoms with Crippen LogP contribution >= 0.6 is 0 Å². The van der Waals surface area contributed by atoms with Gasteiger partial charge in [0.15, 0.2) is 11.6 Å². The number of hydrogen-bond donors (Lipinski definition) is 0. The molecule has 8 heteroatoms. The molecule has 1 nitrogen and oxygen atoms in total. The van der Waals surface area contributed by atoms with Crippen molar-refractivity contribution in [2.45, 2.75) is 51.8 Å². The summed E-state index contributed by atoms with van der Waals surface area (Å²) >= 11 is 0. The largest absolute Gasteiger partial charge is 0.573 e. The molecule has 0 aromatic heterocycles. The molecule has 3 rings (SSSR count). The molecule has 0 radical (unpaired) electrons. The number of unbranched alkanes of at least 4 members (excludes halogenated alkanes) is 2. The number of benzene rings is 2. The van der Waals surface area contributed by atoms with Crippen molar-refractivity contribution in [2.75, 3.05) is 0 Å². The summed E-state index contributed by atoms with van der Waals surface area (Å²) in [6.45, 7) is 2.02. The van der Waals surface area contributed by atoms with Gasteiger partial charge in [0, 0.05) is 5.56 Å². The molecular formula is C22H19F7O. The van der Waals surface area contributed by atoms with Gasteiger partial charge in [0.05, 0.1) is 0 Å². The van der Waals surface area contributed by atoms with Crippen molar-refractivity contribution in [3.05, 3.63) is 63.7 Å². The molecule has 1 aliphatic carbocycles. The van der Waals surface area contributed by atoms with Crippen molar-refractivity contribution in [1.82, 2.24) is 0 Å². The lowest BCUT2D eigenvalue weighted by molar-refractivity contribution is -0.276. The van der Waals surface area contributed by atoms with Crippen molar-refractivity contribution in [1.29, 1.82) is 0 Å². The highest BCUT2D eigenvalue weighted by atomic mass is 19.4. The number of ether oxygens (including phenoxy) is 1. The van der Waals surface area contributed by atoms with E-state index >= 15 is 0 Å². The van der Waals surface area contributed by atoms with E-state index in [1.807, 2.05) is 6.92 Å². The first kappa shape index (κ1) is 22.2. The third kappa shape index (κ3) is 4.79. The minimum Gasteiger partial charge on any atom is -0.399 e. The zero-order valence-corrected chi connectivity index (χ0v) is 16.1. The minimum absolute atomic E-state index is 0.0238. The molecule has 0 saturated carbocycles. The third-order valence-corrected chi connectivity index (χ3v) is 5.00. The van der Waals surface area contributed by atoms with Crippen molar-refractivity contribution in [2.24, 2.45) is 0 Å². The maximum atomic E-state index is 14.6. The maximum absolute atomic E-state index is 14.6. The molecule has 2 aromatic rings. The number of rotatable bonds is 6. The highest BCUT2D eigenvalue weighted by Gasteiger charge is 2.35. The second-order valence-electron chi connectivity index (χ2n) is 7.18. The van der Waals surface area contributed by atoms with Crippen LogP contribution in [0.2, 0.25) is 0 Å². The Balaban J connectivity index is 1.96. The van der Waals surface area contributed by atoms with Gasteiger partial charge in [0.25, 0.3) is 0 Å². The van der Waals surface area contributed by atoms with Crippen LogP contribution in [-0.4, -0.2) is 6.36 Å².